The molecule has 1 amide bonds. The summed E-state index contributed by atoms with van der Waals surface area (Å²) in [4.78, 5) is 12.6. The zero-order valence-electron chi connectivity index (χ0n) is 9.28. The van der Waals surface area contributed by atoms with Gasteiger partial charge in [0.15, 0.2) is 0 Å². The minimum atomic E-state index is -0.360. The van der Waals surface area contributed by atoms with Crippen molar-refractivity contribution in [1.29, 1.82) is 0 Å². The summed E-state index contributed by atoms with van der Waals surface area (Å²) in [5.41, 5.74) is 7.12. The average Bonchev–Trinajstić information content (AvgIpc) is 2.16. The summed E-state index contributed by atoms with van der Waals surface area (Å²) in [5, 5.41) is 0. The van der Waals surface area contributed by atoms with Gasteiger partial charge in [-0.15, -0.1) is 0 Å². The molecule has 0 fully saturated rings. The largest absolute Gasteiger partial charge is 0.495 e. The van der Waals surface area contributed by atoms with E-state index in [-0.39, 0.29) is 12.5 Å². The highest BCUT2D eigenvalue weighted by Crippen LogP contribution is 2.27. The first-order valence-corrected chi connectivity index (χ1v) is 4.68. The fraction of sp³-hybridized carbons (Fsp3) is 0.364. The number of aryl methyl sites for hydroxylation is 1. The van der Waals surface area contributed by atoms with Crippen molar-refractivity contribution in [3.05, 3.63) is 23.8 Å². The smallest absolute Gasteiger partial charge is 0.236 e. The van der Waals surface area contributed by atoms with Gasteiger partial charge in [-0.05, 0) is 24.6 Å². The van der Waals surface area contributed by atoms with Crippen LogP contribution in [0.15, 0.2) is 18.2 Å². The fourth-order valence-electron chi connectivity index (χ4n) is 1.42. The normalized spacial score (nSPS) is 9.80. The van der Waals surface area contributed by atoms with Crippen molar-refractivity contribution in [3.8, 4) is 5.75 Å². The molecular formula is C11H16N2O2. The molecule has 0 aromatic heterocycles. The van der Waals surface area contributed by atoms with Crippen LogP contribution in [0.4, 0.5) is 5.69 Å². The van der Waals surface area contributed by atoms with E-state index in [0.29, 0.717) is 0 Å². The van der Waals surface area contributed by atoms with E-state index >= 15 is 0 Å². The molecule has 2 N–H and O–H groups in total. The fourth-order valence-corrected chi connectivity index (χ4v) is 1.42. The number of carbonyl (C=O) groups excluding carboxylic acids is 1. The Hall–Kier alpha value is -1.71. The second-order valence-electron chi connectivity index (χ2n) is 3.50. The molecule has 0 saturated heterocycles. The SMILES string of the molecule is COc1ccc(C)cc1N(C)CC(N)=O. The van der Waals surface area contributed by atoms with E-state index in [0.717, 1.165) is 17.0 Å². The zero-order chi connectivity index (χ0) is 11.4. The van der Waals surface area contributed by atoms with E-state index in [1.807, 2.05) is 32.2 Å². The van der Waals surface area contributed by atoms with Gasteiger partial charge in [0, 0.05) is 7.05 Å². The van der Waals surface area contributed by atoms with Crippen molar-refractivity contribution in [3.63, 3.8) is 0 Å². The van der Waals surface area contributed by atoms with Crippen LogP contribution in [0, 0.1) is 6.92 Å². The molecule has 0 saturated carbocycles. The predicted octanol–water partition coefficient (Wildman–Crippen LogP) is 0.925. The minimum Gasteiger partial charge on any atom is -0.495 e. The molecule has 4 heteroatoms. The van der Waals surface area contributed by atoms with Crippen molar-refractivity contribution in [2.75, 3.05) is 25.6 Å². The van der Waals surface area contributed by atoms with E-state index in [1.165, 1.54) is 0 Å². The Kier molecular flexibility index (Phi) is 3.55. The van der Waals surface area contributed by atoms with E-state index in [2.05, 4.69) is 0 Å². The lowest BCUT2D eigenvalue weighted by Crippen LogP contribution is -2.30. The number of likely N-dealkylation sites (N-methyl/N-ethyl adjacent to an activating group) is 1. The Bertz CT molecular complexity index is 364. The first kappa shape index (κ1) is 11.4. The van der Waals surface area contributed by atoms with E-state index in [9.17, 15) is 4.79 Å². The number of ether oxygens (including phenoxy) is 1. The number of hydrogen-bond donors (Lipinski definition) is 1. The number of primary amides is 1. The molecular weight excluding hydrogens is 192 g/mol. The van der Waals surface area contributed by atoms with E-state index < -0.39 is 0 Å². The Morgan fingerprint density at radius 2 is 2.20 bits per heavy atom. The van der Waals surface area contributed by atoms with Crippen molar-refractivity contribution >= 4 is 11.6 Å². The maximum atomic E-state index is 10.8. The summed E-state index contributed by atoms with van der Waals surface area (Å²) in [6.07, 6.45) is 0. The van der Waals surface area contributed by atoms with Gasteiger partial charge in [-0.3, -0.25) is 4.79 Å². The Balaban J connectivity index is 2.99. The molecule has 4 nitrogen and oxygen atoms in total. The van der Waals surface area contributed by atoms with Gasteiger partial charge >= 0.3 is 0 Å². The second-order valence-corrected chi connectivity index (χ2v) is 3.50. The van der Waals surface area contributed by atoms with Gasteiger partial charge in [0.05, 0.1) is 19.3 Å². The zero-order valence-corrected chi connectivity index (χ0v) is 9.28. The number of nitrogens with two attached hydrogens (primary N) is 1. The molecule has 0 aliphatic rings. The van der Waals surface area contributed by atoms with Crippen molar-refractivity contribution < 1.29 is 9.53 Å². The van der Waals surface area contributed by atoms with Gasteiger partial charge in [-0.2, -0.15) is 0 Å². The lowest BCUT2D eigenvalue weighted by Gasteiger charge is -2.20. The highest BCUT2D eigenvalue weighted by Gasteiger charge is 2.09. The molecule has 1 rings (SSSR count). The molecule has 0 bridgehead atoms. The number of rotatable bonds is 4. The number of carbonyl (C=O) groups is 1. The third-order valence-electron chi connectivity index (χ3n) is 2.14. The Morgan fingerprint density at radius 3 is 2.73 bits per heavy atom. The van der Waals surface area contributed by atoms with Gasteiger partial charge in [0.2, 0.25) is 5.91 Å². The molecule has 82 valence electrons. The molecule has 0 radical (unpaired) electrons. The second kappa shape index (κ2) is 4.68. The van der Waals surface area contributed by atoms with Crippen molar-refractivity contribution in [1.82, 2.24) is 0 Å². The lowest BCUT2D eigenvalue weighted by atomic mass is 10.2. The number of nitrogens with zero attached hydrogens (tertiary/aromatic N) is 1. The third-order valence-corrected chi connectivity index (χ3v) is 2.14. The van der Waals surface area contributed by atoms with Gasteiger partial charge in [0.1, 0.15) is 5.75 Å². The summed E-state index contributed by atoms with van der Waals surface area (Å²) < 4.78 is 5.21. The predicted molar refractivity (Wildman–Crippen MR) is 60.2 cm³/mol. The van der Waals surface area contributed by atoms with Crippen LogP contribution in [0.1, 0.15) is 5.56 Å². The number of amides is 1. The van der Waals surface area contributed by atoms with Gasteiger partial charge in [0.25, 0.3) is 0 Å². The molecule has 1 aromatic carbocycles. The molecule has 0 aliphatic heterocycles. The maximum Gasteiger partial charge on any atom is 0.236 e. The molecule has 0 atom stereocenters. The van der Waals surface area contributed by atoms with Gasteiger partial charge in [-0.25, -0.2) is 0 Å². The Labute approximate surface area is 89.6 Å². The third kappa shape index (κ3) is 2.87. The van der Waals surface area contributed by atoms with Crippen LogP contribution in [0.5, 0.6) is 5.75 Å². The summed E-state index contributed by atoms with van der Waals surface area (Å²) in [6.45, 7) is 2.17. The summed E-state index contributed by atoms with van der Waals surface area (Å²) in [6, 6.07) is 5.80. The number of methoxy groups -OCH3 is 1. The molecule has 0 spiro atoms. The first-order valence-electron chi connectivity index (χ1n) is 4.68. The van der Waals surface area contributed by atoms with Gasteiger partial charge < -0.3 is 15.4 Å². The topological polar surface area (TPSA) is 55.6 Å². The van der Waals surface area contributed by atoms with E-state index in [4.69, 9.17) is 10.5 Å². The van der Waals surface area contributed by atoms with Crippen LogP contribution < -0.4 is 15.4 Å². The molecule has 15 heavy (non-hydrogen) atoms. The van der Waals surface area contributed by atoms with Crippen LogP contribution >= 0.6 is 0 Å². The lowest BCUT2D eigenvalue weighted by molar-refractivity contribution is -0.116. The van der Waals surface area contributed by atoms with Crippen LogP contribution in [0.2, 0.25) is 0 Å². The highest BCUT2D eigenvalue weighted by atomic mass is 16.5. The highest BCUT2D eigenvalue weighted by molar-refractivity contribution is 5.80. The monoisotopic (exact) mass is 208 g/mol. The van der Waals surface area contributed by atoms with E-state index in [1.54, 1.807) is 12.0 Å². The summed E-state index contributed by atoms with van der Waals surface area (Å²) in [7, 11) is 3.41. The molecule has 0 aliphatic carbocycles. The van der Waals surface area contributed by atoms with Gasteiger partial charge in [-0.1, -0.05) is 6.07 Å². The number of benzene rings is 1. The number of hydrogen-bond acceptors (Lipinski definition) is 3. The quantitative estimate of drug-likeness (QED) is 0.800. The number of anilines is 1. The Morgan fingerprint density at radius 1 is 1.53 bits per heavy atom. The molecule has 0 heterocycles. The standard InChI is InChI=1S/C11H16N2O2/c1-8-4-5-10(15-3)9(6-8)13(2)7-11(12)14/h4-6H,7H2,1-3H3,(H2,12,14). The van der Waals surface area contributed by atoms with Crippen LogP contribution in [0.3, 0.4) is 0 Å². The summed E-state index contributed by atoms with van der Waals surface area (Å²) >= 11 is 0. The summed E-state index contributed by atoms with van der Waals surface area (Å²) in [5.74, 6) is 0.380. The van der Waals surface area contributed by atoms with Crippen LogP contribution in [-0.2, 0) is 4.79 Å². The van der Waals surface area contributed by atoms with Crippen molar-refractivity contribution in [2.24, 2.45) is 5.73 Å². The van der Waals surface area contributed by atoms with Crippen molar-refractivity contribution in [2.45, 2.75) is 6.92 Å². The average molecular weight is 208 g/mol. The van der Waals surface area contributed by atoms with Crippen LogP contribution in [0.25, 0.3) is 0 Å². The minimum absolute atomic E-state index is 0.180. The maximum absolute atomic E-state index is 10.8. The molecule has 1 aromatic rings. The first-order chi connectivity index (χ1) is 7.04. The molecule has 0 unspecified atom stereocenters. The van der Waals surface area contributed by atoms with Crippen LogP contribution in [-0.4, -0.2) is 26.6 Å².